The van der Waals surface area contributed by atoms with Crippen molar-refractivity contribution in [3.05, 3.63) is 33.8 Å². The first-order valence-corrected chi connectivity index (χ1v) is 8.95. The predicted molar refractivity (Wildman–Crippen MR) is 98.4 cm³/mol. The van der Waals surface area contributed by atoms with Gasteiger partial charge >= 0.3 is 5.97 Å². The van der Waals surface area contributed by atoms with Crippen LogP contribution in [0.15, 0.2) is 12.1 Å². The van der Waals surface area contributed by atoms with Gasteiger partial charge in [0.25, 0.3) is 0 Å². The molecule has 0 radical (unpaired) electrons. The van der Waals surface area contributed by atoms with Crippen LogP contribution >= 0.6 is 11.6 Å². The first kappa shape index (κ1) is 20.7. The molecule has 1 aromatic carbocycles. The van der Waals surface area contributed by atoms with E-state index in [0.29, 0.717) is 17.9 Å². The fourth-order valence-electron chi connectivity index (χ4n) is 3.63. The molecule has 144 valence electrons. The Labute approximate surface area is 158 Å². The SMILES string of the molecule is COC1(OC)CCC(NC(=O)Cc2c(C)cc(Cl)cc2C)(C(=O)O)CC1. The number of hydrogen-bond acceptors (Lipinski definition) is 4. The maximum absolute atomic E-state index is 12.6. The molecule has 0 aromatic heterocycles. The first-order chi connectivity index (χ1) is 12.2. The number of benzene rings is 1. The van der Waals surface area contributed by atoms with Gasteiger partial charge in [-0.15, -0.1) is 0 Å². The summed E-state index contributed by atoms with van der Waals surface area (Å²) >= 11 is 6.03. The van der Waals surface area contributed by atoms with Crippen LogP contribution in [-0.4, -0.2) is 42.5 Å². The average Bonchev–Trinajstić information content (AvgIpc) is 2.59. The number of aliphatic carboxylic acids is 1. The maximum atomic E-state index is 12.6. The quantitative estimate of drug-likeness (QED) is 0.737. The molecule has 1 aliphatic carbocycles. The fourth-order valence-corrected chi connectivity index (χ4v) is 3.96. The molecule has 6 nitrogen and oxygen atoms in total. The van der Waals surface area contributed by atoms with E-state index in [-0.39, 0.29) is 25.2 Å². The minimum absolute atomic E-state index is 0.115. The molecule has 0 unspecified atom stereocenters. The van der Waals surface area contributed by atoms with E-state index < -0.39 is 17.3 Å². The second-order valence-electron chi connectivity index (χ2n) is 6.95. The molecular formula is C19H26ClNO5. The Morgan fingerprint density at radius 2 is 1.62 bits per heavy atom. The number of ether oxygens (including phenoxy) is 2. The van der Waals surface area contributed by atoms with Crippen molar-refractivity contribution in [1.29, 1.82) is 0 Å². The normalized spacial score (nSPS) is 18.3. The number of carbonyl (C=O) groups is 2. The van der Waals surface area contributed by atoms with Crippen LogP contribution in [0.1, 0.15) is 42.4 Å². The van der Waals surface area contributed by atoms with Gasteiger partial charge in [-0.3, -0.25) is 4.79 Å². The van der Waals surface area contributed by atoms with Crippen LogP contribution in [-0.2, 0) is 25.5 Å². The van der Waals surface area contributed by atoms with Gasteiger partial charge < -0.3 is 19.9 Å². The van der Waals surface area contributed by atoms with Gasteiger partial charge in [-0.05, 0) is 55.5 Å². The zero-order valence-electron chi connectivity index (χ0n) is 15.6. The fraction of sp³-hybridized carbons (Fsp3) is 0.579. The van der Waals surface area contributed by atoms with Crippen LogP contribution in [0.5, 0.6) is 0 Å². The van der Waals surface area contributed by atoms with Crippen molar-refractivity contribution < 1.29 is 24.2 Å². The van der Waals surface area contributed by atoms with Crippen LogP contribution in [0.4, 0.5) is 0 Å². The highest BCUT2D eigenvalue weighted by Gasteiger charge is 2.48. The lowest BCUT2D eigenvalue weighted by atomic mass is 9.78. The minimum atomic E-state index is -1.30. The summed E-state index contributed by atoms with van der Waals surface area (Å²) in [5.41, 5.74) is 1.39. The van der Waals surface area contributed by atoms with Crippen molar-refractivity contribution in [2.75, 3.05) is 14.2 Å². The Bertz CT molecular complexity index is 666. The smallest absolute Gasteiger partial charge is 0.329 e. The molecular weight excluding hydrogens is 358 g/mol. The van der Waals surface area contributed by atoms with Crippen LogP contribution in [0.3, 0.4) is 0 Å². The number of carboxylic acids is 1. The van der Waals surface area contributed by atoms with Gasteiger partial charge in [-0.2, -0.15) is 0 Å². The third-order valence-corrected chi connectivity index (χ3v) is 5.61. The number of aryl methyl sites for hydroxylation is 2. The highest BCUT2D eigenvalue weighted by molar-refractivity contribution is 6.30. The van der Waals surface area contributed by atoms with Crippen molar-refractivity contribution in [3.63, 3.8) is 0 Å². The van der Waals surface area contributed by atoms with E-state index in [4.69, 9.17) is 21.1 Å². The molecule has 2 N–H and O–H groups in total. The van der Waals surface area contributed by atoms with Gasteiger partial charge in [0.05, 0.1) is 6.42 Å². The van der Waals surface area contributed by atoms with Gasteiger partial charge in [0.1, 0.15) is 5.54 Å². The van der Waals surface area contributed by atoms with Gasteiger partial charge in [-0.25, -0.2) is 4.79 Å². The maximum Gasteiger partial charge on any atom is 0.329 e. The minimum Gasteiger partial charge on any atom is -0.480 e. The number of methoxy groups -OCH3 is 2. The molecule has 1 saturated carbocycles. The second kappa shape index (κ2) is 7.94. The molecule has 1 aliphatic rings. The number of hydrogen-bond donors (Lipinski definition) is 2. The van der Waals surface area contributed by atoms with Gasteiger partial charge in [0, 0.05) is 32.1 Å². The molecule has 0 spiro atoms. The zero-order chi connectivity index (χ0) is 19.5. The van der Waals surface area contributed by atoms with Gasteiger partial charge in [0.2, 0.25) is 5.91 Å². The largest absolute Gasteiger partial charge is 0.480 e. The topological polar surface area (TPSA) is 84.9 Å². The summed E-state index contributed by atoms with van der Waals surface area (Å²) in [6.07, 6.45) is 1.39. The summed E-state index contributed by atoms with van der Waals surface area (Å²) < 4.78 is 10.8. The van der Waals surface area contributed by atoms with Crippen LogP contribution in [0, 0.1) is 13.8 Å². The molecule has 1 amide bonds. The lowest BCUT2D eigenvalue weighted by Gasteiger charge is -2.42. The second-order valence-corrected chi connectivity index (χ2v) is 7.39. The Hall–Kier alpha value is -1.63. The number of rotatable bonds is 6. The summed E-state index contributed by atoms with van der Waals surface area (Å²) in [7, 11) is 3.09. The predicted octanol–water partition coefficient (Wildman–Crippen LogP) is 3.00. The number of halogens is 1. The number of carbonyl (C=O) groups excluding carboxylic acids is 1. The van der Waals surface area contributed by atoms with Gasteiger partial charge in [-0.1, -0.05) is 11.6 Å². The molecule has 2 rings (SSSR count). The lowest BCUT2D eigenvalue weighted by molar-refractivity contribution is -0.231. The Morgan fingerprint density at radius 1 is 1.12 bits per heavy atom. The van der Waals surface area contributed by atoms with E-state index in [9.17, 15) is 14.7 Å². The Balaban J connectivity index is 2.14. The molecule has 26 heavy (non-hydrogen) atoms. The highest BCUT2D eigenvalue weighted by atomic mass is 35.5. The summed E-state index contributed by atoms with van der Waals surface area (Å²) in [4.78, 5) is 24.5. The number of amides is 1. The standard InChI is InChI=1S/C19H26ClNO5/c1-12-9-14(20)10-13(2)15(12)11-16(22)21-18(17(23)24)5-7-19(25-3,26-4)8-6-18/h9-10H,5-8,11H2,1-4H3,(H,21,22)(H,23,24). The molecule has 0 bridgehead atoms. The Kier molecular flexibility index (Phi) is 6.32. The van der Waals surface area contributed by atoms with Crippen molar-refractivity contribution in [2.45, 2.75) is 57.3 Å². The van der Waals surface area contributed by atoms with Crippen molar-refractivity contribution in [3.8, 4) is 0 Å². The summed E-state index contributed by atoms with van der Waals surface area (Å²) in [6.45, 7) is 3.78. The van der Waals surface area contributed by atoms with Crippen LogP contribution < -0.4 is 5.32 Å². The van der Waals surface area contributed by atoms with Crippen LogP contribution in [0.25, 0.3) is 0 Å². The zero-order valence-corrected chi connectivity index (χ0v) is 16.4. The highest BCUT2D eigenvalue weighted by Crippen LogP contribution is 2.38. The summed E-state index contributed by atoms with van der Waals surface area (Å²) in [5.74, 6) is -2.13. The average molecular weight is 384 g/mol. The third kappa shape index (κ3) is 4.19. The van der Waals surface area contributed by atoms with Crippen molar-refractivity contribution in [1.82, 2.24) is 5.32 Å². The van der Waals surface area contributed by atoms with Gasteiger partial charge in [0.15, 0.2) is 5.79 Å². The molecule has 1 fully saturated rings. The monoisotopic (exact) mass is 383 g/mol. The molecule has 0 aliphatic heterocycles. The van der Waals surface area contributed by atoms with E-state index in [0.717, 1.165) is 16.7 Å². The Morgan fingerprint density at radius 3 is 2.04 bits per heavy atom. The molecule has 0 heterocycles. The molecule has 0 atom stereocenters. The molecule has 7 heteroatoms. The number of nitrogens with one attached hydrogen (secondary N) is 1. The molecule has 0 saturated heterocycles. The van der Waals surface area contributed by atoms with E-state index >= 15 is 0 Å². The van der Waals surface area contributed by atoms with E-state index in [1.165, 1.54) is 0 Å². The summed E-state index contributed by atoms with van der Waals surface area (Å²) in [6, 6.07) is 3.60. The third-order valence-electron chi connectivity index (χ3n) is 5.40. The first-order valence-electron chi connectivity index (χ1n) is 8.57. The van der Waals surface area contributed by atoms with E-state index in [1.54, 1.807) is 26.4 Å². The van der Waals surface area contributed by atoms with Crippen molar-refractivity contribution >= 4 is 23.5 Å². The molecule has 1 aromatic rings. The van der Waals surface area contributed by atoms with E-state index in [2.05, 4.69) is 5.32 Å². The van der Waals surface area contributed by atoms with E-state index in [1.807, 2.05) is 13.8 Å². The van der Waals surface area contributed by atoms with Crippen molar-refractivity contribution in [2.24, 2.45) is 0 Å². The number of carboxylic acid groups (broad SMARTS) is 1. The van der Waals surface area contributed by atoms with Crippen LogP contribution in [0.2, 0.25) is 5.02 Å². The lowest BCUT2D eigenvalue weighted by Crippen LogP contribution is -2.59. The summed E-state index contributed by atoms with van der Waals surface area (Å²) in [5, 5.41) is 13.1.